The molecule has 0 aliphatic rings. The van der Waals surface area contributed by atoms with Crippen molar-refractivity contribution in [1.82, 2.24) is 0 Å². The van der Waals surface area contributed by atoms with E-state index >= 15 is 0 Å². The van der Waals surface area contributed by atoms with Crippen LogP contribution in [0.5, 0.6) is 0 Å². The maximum Gasteiger partial charge on any atom is 0.256 e. The minimum atomic E-state index is -3.48. The Labute approximate surface area is 148 Å². The van der Waals surface area contributed by atoms with Crippen molar-refractivity contribution in [3.63, 3.8) is 0 Å². The van der Waals surface area contributed by atoms with Gasteiger partial charge < -0.3 is 10.1 Å². The lowest BCUT2D eigenvalue weighted by Gasteiger charge is -2.13. The lowest BCUT2D eigenvalue weighted by atomic mass is 10.1. The summed E-state index contributed by atoms with van der Waals surface area (Å²) < 4.78 is 30.1. The average molecular weight is 361 g/mol. The molecule has 2 rings (SSSR count). The number of carbonyl (C=O) groups is 1. The molecular formula is C19H23NO4S. The van der Waals surface area contributed by atoms with Crippen LogP contribution in [0.3, 0.4) is 0 Å². The Balaban J connectivity index is 2.31. The fourth-order valence-electron chi connectivity index (χ4n) is 2.51. The zero-order chi connectivity index (χ0) is 18.4. The molecule has 134 valence electrons. The largest absolute Gasteiger partial charge is 0.377 e. The third-order valence-electron chi connectivity index (χ3n) is 3.91. The minimum absolute atomic E-state index is 0.0120. The van der Waals surface area contributed by atoms with E-state index in [0.29, 0.717) is 12.1 Å². The van der Waals surface area contributed by atoms with Gasteiger partial charge in [-0.15, -0.1) is 0 Å². The van der Waals surface area contributed by atoms with Gasteiger partial charge in [0.25, 0.3) is 5.91 Å². The molecule has 0 heterocycles. The monoisotopic (exact) mass is 361 g/mol. The second-order valence-electron chi connectivity index (χ2n) is 5.77. The van der Waals surface area contributed by atoms with Crippen molar-refractivity contribution in [2.75, 3.05) is 18.2 Å². The van der Waals surface area contributed by atoms with Gasteiger partial charge in [0, 0.05) is 12.8 Å². The fourth-order valence-corrected chi connectivity index (χ4v) is 4.05. The van der Waals surface area contributed by atoms with Crippen molar-refractivity contribution in [3.8, 4) is 0 Å². The predicted molar refractivity (Wildman–Crippen MR) is 98.6 cm³/mol. The molecule has 0 aliphatic heterocycles. The quantitative estimate of drug-likeness (QED) is 0.813. The third-order valence-corrected chi connectivity index (χ3v) is 5.88. The van der Waals surface area contributed by atoms with Gasteiger partial charge in [-0.3, -0.25) is 4.79 Å². The van der Waals surface area contributed by atoms with Crippen LogP contribution in [0.1, 0.15) is 42.3 Å². The van der Waals surface area contributed by atoms with E-state index in [9.17, 15) is 13.2 Å². The zero-order valence-electron chi connectivity index (χ0n) is 14.7. The second-order valence-corrected chi connectivity index (χ2v) is 7.85. The number of benzene rings is 2. The topological polar surface area (TPSA) is 72.5 Å². The number of hydrogen-bond acceptors (Lipinski definition) is 4. The summed E-state index contributed by atoms with van der Waals surface area (Å²) in [5.41, 5.74) is 1.67. The molecule has 0 fully saturated rings. The molecule has 0 bridgehead atoms. The van der Waals surface area contributed by atoms with Crippen molar-refractivity contribution in [2.24, 2.45) is 0 Å². The molecule has 0 aliphatic carbocycles. The van der Waals surface area contributed by atoms with Gasteiger partial charge in [0.15, 0.2) is 9.84 Å². The summed E-state index contributed by atoms with van der Waals surface area (Å²) in [6, 6.07) is 13.6. The average Bonchev–Trinajstić information content (AvgIpc) is 2.61. The van der Waals surface area contributed by atoms with E-state index in [0.717, 1.165) is 5.56 Å². The van der Waals surface area contributed by atoms with Gasteiger partial charge in [-0.1, -0.05) is 31.2 Å². The van der Waals surface area contributed by atoms with E-state index in [4.69, 9.17) is 4.74 Å². The van der Waals surface area contributed by atoms with Crippen molar-refractivity contribution in [3.05, 3.63) is 59.7 Å². The van der Waals surface area contributed by atoms with Gasteiger partial charge in [-0.05, 0) is 43.2 Å². The molecule has 5 nitrogen and oxygen atoms in total. The van der Waals surface area contributed by atoms with Crippen molar-refractivity contribution in [1.29, 1.82) is 0 Å². The summed E-state index contributed by atoms with van der Waals surface area (Å²) in [6.07, 6.45) is 0.393. The van der Waals surface area contributed by atoms with Crippen LogP contribution in [0.15, 0.2) is 53.4 Å². The number of ether oxygens (including phenoxy) is 1. The van der Waals surface area contributed by atoms with Gasteiger partial charge >= 0.3 is 0 Å². The lowest BCUT2D eigenvalue weighted by Crippen LogP contribution is -2.18. The van der Waals surface area contributed by atoms with Crippen molar-refractivity contribution < 1.29 is 17.9 Å². The van der Waals surface area contributed by atoms with Crippen LogP contribution in [0.2, 0.25) is 0 Å². The Morgan fingerprint density at radius 1 is 1.16 bits per heavy atom. The number of sulfone groups is 1. The van der Waals surface area contributed by atoms with E-state index in [1.54, 1.807) is 32.2 Å². The molecule has 2 aromatic rings. The van der Waals surface area contributed by atoms with Gasteiger partial charge in [-0.25, -0.2) is 8.42 Å². The van der Waals surface area contributed by atoms with Crippen molar-refractivity contribution in [2.45, 2.75) is 31.3 Å². The first-order valence-electron chi connectivity index (χ1n) is 8.15. The Kier molecular flexibility index (Phi) is 6.33. The van der Waals surface area contributed by atoms with E-state index in [1.807, 2.05) is 25.1 Å². The van der Waals surface area contributed by atoms with E-state index in [1.165, 1.54) is 12.1 Å². The molecule has 0 spiro atoms. The number of carbonyl (C=O) groups excluding carboxylic acids is 1. The minimum Gasteiger partial charge on any atom is -0.377 e. The van der Waals surface area contributed by atoms with E-state index < -0.39 is 15.7 Å². The van der Waals surface area contributed by atoms with Crippen LogP contribution in [-0.2, 0) is 14.6 Å². The highest BCUT2D eigenvalue weighted by atomic mass is 32.2. The molecule has 1 amide bonds. The smallest absolute Gasteiger partial charge is 0.256 e. The Bertz CT molecular complexity index is 846. The van der Waals surface area contributed by atoms with Gasteiger partial charge in [0.1, 0.15) is 0 Å². The van der Waals surface area contributed by atoms with Crippen LogP contribution < -0.4 is 5.32 Å². The SMILES string of the molecule is CCCS(=O)(=O)c1ccccc1C(=O)Nc1cccc([C@@H](C)OC)c1. The number of anilines is 1. The maximum absolute atomic E-state index is 12.6. The summed E-state index contributed by atoms with van der Waals surface area (Å²) in [4.78, 5) is 12.7. The first-order chi connectivity index (χ1) is 11.9. The summed E-state index contributed by atoms with van der Waals surface area (Å²) in [6.45, 7) is 3.70. The maximum atomic E-state index is 12.6. The summed E-state index contributed by atoms with van der Waals surface area (Å²) >= 11 is 0. The number of methoxy groups -OCH3 is 1. The molecule has 25 heavy (non-hydrogen) atoms. The number of hydrogen-bond donors (Lipinski definition) is 1. The first kappa shape index (κ1) is 19.1. The lowest BCUT2D eigenvalue weighted by molar-refractivity contribution is 0.102. The van der Waals surface area contributed by atoms with Crippen LogP contribution in [0.25, 0.3) is 0 Å². The predicted octanol–water partition coefficient (Wildman–Crippen LogP) is 3.83. The highest BCUT2D eigenvalue weighted by Crippen LogP contribution is 2.22. The molecule has 0 radical (unpaired) electrons. The summed E-state index contributed by atoms with van der Waals surface area (Å²) in [5, 5.41) is 2.77. The highest BCUT2D eigenvalue weighted by molar-refractivity contribution is 7.91. The first-order valence-corrected chi connectivity index (χ1v) is 9.80. The molecule has 0 saturated carbocycles. The molecule has 0 unspecified atom stereocenters. The molecule has 1 N–H and O–H groups in total. The van der Waals surface area contributed by atoms with Crippen LogP contribution in [-0.4, -0.2) is 27.2 Å². The number of nitrogens with one attached hydrogen (secondary N) is 1. The molecule has 6 heteroatoms. The zero-order valence-corrected chi connectivity index (χ0v) is 15.5. The van der Waals surface area contributed by atoms with Crippen LogP contribution in [0, 0.1) is 0 Å². The molecule has 0 saturated heterocycles. The van der Waals surface area contributed by atoms with Crippen LogP contribution >= 0.6 is 0 Å². The second kappa shape index (κ2) is 8.27. The Hall–Kier alpha value is -2.18. The van der Waals surface area contributed by atoms with E-state index in [2.05, 4.69) is 5.32 Å². The van der Waals surface area contributed by atoms with Gasteiger partial charge in [0.05, 0.1) is 22.3 Å². The molecule has 2 aromatic carbocycles. The normalized spacial score (nSPS) is 12.6. The number of amides is 1. The van der Waals surface area contributed by atoms with E-state index in [-0.39, 0.29) is 22.3 Å². The van der Waals surface area contributed by atoms with Crippen molar-refractivity contribution >= 4 is 21.4 Å². The highest BCUT2D eigenvalue weighted by Gasteiger charge is 2.21. The Morgan fingerprint density at radius 3 is 2.56 bits per heavy atom. The van der Waals surface area contributed by atoms with Crippen LogP contribution in [0.4, 0.5) is 5.69 Å². The standard InChI is InChI=1S/C19H23NO4S/c1-4-12-25(22,23)18-11-6-5-10-17(18)19(21)20-16-9-7-8-15(13-16)14(2)24-3/h5-11,13-14H,4,12H2,1-3H3,(H,20,21)/t14-/m1/s1. The van der Waals surface area contributed by atoms with Gasteiger partial charge in [0.2, 0.25) is 0 Å². The molecule has 0 aromatic heterocycles. The summed E-state index contributed by atoms with van der Waals surface area (Å²) in [7, 11) is -1.87. The molecular weight excluding hydrogens is 338 g/mol. The summed E-state index contributed by atoms with van der Waals surface area (Å²) in [5.74, 6) is -0.435. The Morgan fingerprint density at radius 2 is 1.88 bits per heavy atom. The molecule has 1 atom stereocenters. The number of rotatable bonds is 7. The fraction of sp³-hybridized carbons (Fsp3) is 0.316. The third kappa shape index (κ3) is 4.67. The van der Waals surface area contributed by atoms with Gasteiger partial charge in [-0.2, -0.15) is 0 Å².